The van der Waals surface area contributed by atoms with Gasteiger partial charge in [-0.3, -0.25) is 4.79 Å². The van der Waals surface area contributed by atoms with E-state index in [-0.39, 0.29) is 11.8 Å². The predicted molar refractivity (Wildman–Crippen MR) is 113 cm³/mol. The molecule has 1 aromatic carbocycles. The molecule has 0 spiro atoms. The monoisotopic (exact) mass is 408 g/mol. The molecule has 2 aromatic heterocycles. The van der Waals surface area contributed by atoms with Crippen LogP contribution in [0.4, 0.5) is 11.5 Å². The second-order valence-electron chi connectivity index (χ2n) is 7.11. The Balaban J connectivity index is 1.34. The second kappa shape index (κ2) is 8.86. The average molecular weight is 408 g/mol. The maximum Gasteiger partial charge on any atom is 0.227 e. The molecule has 1 aliphatic rings. The zero-order valence-corrected chi connectivity index (χ0v) is 17.0. The van der Waals surface area contributed by atoms with Crippen LogP contribution in [0.5, 0.6) is 11.5 Å². The lowest BCUT2D eigenvalue weighted by Crippen LogP contribution is -2.38. The highest BCUT2D eigenvalue weighted by Gasteiger charge is 2.26. The SMILES string of the molecule is COc1cc(NC(=O)C2CCN(c3ccc(-c4ccco4)nn3)CC2)cc(OC)c1. The van der Waals surface area contributed by atoms with Gasteiger partial charge in [0.05, 0.1) is 20.5 Å². The summed E-state index contributed by atoms with van der Waals surface area (Å²) < 4.78 is 15.9. The van der Waals surface area contributed by atoms with Gasteiger partial charge in [0.2, 0.25) is 5.91 Å². The van der Waals surface area contributed by atoms with Gasteiger partial charge in [-0.2, -0.15) is 0 Å². The number of anilines is 2. The molecule has 0 atom stereocenters. The van der Waals surface area contributed by atoms with Crippen LogP contribution in [0.25, 0.3) is 11.5 Å². The van der Waals surface area contributed by atoms with E-state index < -0.39 is 0 Å². The first-order valence-corrected chi connectivity index (χ1v) is 9.83. The first kappa shape index (κ1) is 19.8. The minimum absolute atomic E-state index is 0.00390. The normalized spacial score (nSPS) is 14.4. The van der Waals surface area contributed by atoms with Crippen molar-refractivity contribution in [2.75, 3.05) is 37.5 Å². The molecule has 0 unspecified atom stereocenters. The summed E-state index contributed by atoms with van der Waals surface area (Å²) in [6.45, 7) is 1.49. The zero-order valence-electron chi connectivity index (χ0n) is 17.0. The van der Waals surface area contributed by atoms with Gasteiger partial charge in [-0.05, 0) is 37.1 Å². The van der Waals surface area contributed by atoms with Gasteiger partial charge in [-0.1, -0.05) is 0 Å². The Hall–Kier alpha value is -3.55. The number of ether oxygens (including phenoxy) is 2. The number of hydrogen-bond donors (Lipinski definition) is 1. The molecule has 0 bridgehead atoms. The van der Waals surface area contributed by atoms with Crippen LogP contribution in [-0.2, 0) is 4.79 Å². The summed E-state index contributed by atoms with van der Waals surface area (Å²) >= 11 is 0. The first-order chi connectivity index (χ1) is 14.7. The summed E-state index contributed by atoms with van der Waals surface area (Å²) in [7, 11) is 3.17. The van der Waals surface area contributed by atoms with Crippen molar-refractivity contribution < 1.29 is 18.7 Å². The molecule has 1 amide bonds. The van der Waals surface area contributed by atoms with Crippen molar-refractivity contribution in [3.05, 3.63) is 48.7 Å². The summed E-state index contributed by atoms with van der Waals surface area (Å²) in [6, 6.07) is 12.8. The molecule has 156 valence electrons. The van der Waals surface area contributed by atoms with Gasteiger partial charge >= 0.3 is 0 Å². The molecule has 1 aliphatic heterocycles. The third kappa shape index (κ3) is 4.37. The van der Waals surface area contributed by atoms with Crippen LogP contribution in [0, 0.1) is 5.92 Å². The molecule has 8 nitrogen and oxygen atoms in total. The lowest BCUT2D eigenvalue weighted by Gasteiger charge is -2.31. The summed E-state index contributed by atoms with van der Waals surface area (Å²) in [4.78, 5) is 14.9. The number of furan rings is 1. The Morgan fingerprint density at radius 2 is 1.80 bits per heavy atom. The van der Waals surface area contributed by atoms with E-state index in [9.17, 15) is 4.79 Å². The molecule has 4 rings (SSSR count). The largest absolute Gasteiger partial charge is 0.497 e. The topological polar surface area (TPSA) is 89.7 Å². The molecule has 0 aliphatic carbocycles. The Bertz CT molecular complexity index is 959. The van der Waals surface area contributed by atoms with Crippen LogP contribution in [0.15, 0.2) is 53.1 Å². The minimum atomic E-state index is -0.0613. The van der Waals surface area contributed by atoms with Gasteiger partial charge in [-0.25, -0.2) is 0 Å². The number of amides is 1. The fraction of sp³-hybridized carbons (Fsp3) is 0.318. The summed E-state index contributed by atoms with van der Waals surface area (Å²) in [6.07, 6.45) is 3.10. The Morgan fingerprint density at radius 3 is 2.37 bits per heavy atom. The van der Waals surface area contributed by atoms with Crippen LogP contribution < -0.4 is 19.7 Å². The van der Waals surface area contributed by atoms with Crippen LogP contribution >= 0.6 is 0 Å². The smallest absolute Gasteiger partial charge is 0.227 e. The third-order valence-electron chi connectivity index (χ3n) is 5.23. The van der Waals surface area contributed by atoms with E-state index in [4.69, 9.17) is 13.9 Å². The second-order valence-corrected chi connectivity index (χ2v) is 7.11. The highest BCUT2D eigenvalue weighted by molar-refractivity contribution is 5.93. The van der Waals surface area contributed by atoms with Crippen molar-refractivity contribution in [2.45, 2.75) is 12.8 Å². The van der Waals surface area contributed by atoms with Gasteiger partial charge in [0.1, 0.15) is 17.2 Å². The molecular weight excluding hydrogens is 384 g/mol. The number of carbonyl (C=O) groups is 1. The van der Waals surface area contributed by atoms with Crippen LogP contribution in [0.1, 0.15) is 12.8 Å². The number of benzene rings is 1. The molecule has 3 aromatic rings. The number of hydrogen-bond acceptors (Lipinski definition) is 7. The number of methoxy groups -OCH3 is 2. The van der Waals surface area contributed by atoms with E-state index >= 15 is 0 Å². The van der Waals surface area contributed by atoms with Gasteiger partial charge in [0.25, 0.3) is 0 Å². The maximum atomic E-state index is 12.7. The van der Waals surface area contributed by atoms with Crippen molar-refractivity contribution in [2.24, 2.45) is 5.92 Å². The van der Waals surface area contributed by atoms with E-state index in [0.29, 0.717) is 28.6 Å². The van der Waals surface area contributed by atoms with Gasteiger partial charge < -0.3 is 24.1 Å². The van der Waals surface area contributed by atoms with Crippen LogP contribution in [-0.4, -0.2) is 43.4 Å². The van der Waals surface area contributed by atoms with Crippen molar-refractivity contribution in [3.63, 3.8) is 0 Å². The van der Waals surface area contributed by atoms with Gasteiger partial charge in [-0.15, -0.1) is 10.2 Å². The highest BCUT2D eigenvalue weighted by Crippen LogP contribution is 2.28. The van der Waals surface area contributed by atoms with Crippen molar-refractivity contribution in [1.29, 1.82) is 0 Å². The van der Waals surface area contributed by atoms with E-state index in [1.165, 1.54) is 0 Å². The fourth-order valence-corrected chi connectivity index (χ4v) is 3.54. The molecule has 0 radical (unpaired) electrons. The van der Waals surface area contributed by atoms with E-state index in [0.717, 1.165) is 31.7 Å². The quantitative estimate of drug-likeness (QED) is 0.666. The molecule has 30 heavy (non-hydrogen) atoms. The van der Waals surface area contributed by atoms with Crippen LogP contribution in [0.3, 0.4) is 0 Å². The summed E-state index contributed by atoms with van der Waals surface area (Å²) in [5.74, 6) is 2.71. The number of piperidine rings is 1. The molecular formula is C22H24N4O4. The number of rotatable bonds is 6. The third-order valence-corrected chi connectivity index (χ3v) is 5.23. The standard InChI is InChI=1S/C22H24N4O4/c1-28-17-12-16(13-18(14-17)29-2)23-22(27)15-7-9-26(10-8-15)21-6-5-19(24-25-21)20-4-3-11-30-20/h3-6,11-15H,7-10H2,1-2H3,(H,23,27). The average Bonchev–Trinajstić information content (AvgIpc) is 3.34. The Kier molecular flexibility index (Phi) is 5.83. The fourth-order valence-electron chi connectivity index (χ4n) is 3.54. The number of nitrogens with one attached hydrogen (secondary N) is 1. The number of aromatic nitrogens is 2. The van der Waals surface area contributed by atoms with E-state index in [1.54, 1.807) is 38.7 Å². The minimum Gasteiger partial charge on any atom is -0.497 e. The Morgan fingerprint density at radius 1 is 1.07 bits per heavy atom. The molecule has 3 heterocycles. The molecule has 1 saturated heterocycles. The molecule has 0 saturated carbocycles. The predicted octanol–water partition coefficient (Wildman–Crippen LogP) is 3.61. The van der Waals surface area contributed by atoms with Crippen molar-refractivity contribution in [3.8, 4) is 23.0 Å². The van der Waals surface area contributed by atoms with Gasteiger partial charge in [0.15, 0.2) is 11.6 Å². The highest BCUT2D eigenvalue weighted by atomic mass is 16.5. The lowest BCUT2D eigenvalue weighted by atomic mass is 9.95. The lowest BCUT2D eigenvalue weighted by molar-refractivity contribution is -0.120. The van der Waals surface area contributed by atoms with Crippen molar-refractivity contribution in [1.82, 2.24) is 10.2 Å². The van der Waals surface area contributed by atoms with Gasteiger partial charge in [0, 0.05) is 42.9 Å². The summed E-state index contributed by atoms with van der Waals surface area (Å²) in [5.41, 5.74) is 1.37. The molecule has 8 heteroatoms. The van der Waals surface area contributed by atoms with Crippen LogP contribution in [0.2, 0.25) is 0 Å². The van der Waals surface area contributed by atoms with E-state index in [2.05, 4.69) is 20.4 Å². The zero-order chi connectivity index (χ0) is 20.9. The molecule has 1 N–H and O–H groups in total. The molecule has 1 fully saturated rings. The maximum absolute atomic E-state index is 12.7. The van der Waals surface area contributed by atoms with E-state index in [1.807, 2.05) is 24.3 Å². The number of nitrogens with zero attached hydrogens (tertiary/aromatic N) is 3. The Labute approximate surface area is 174 Å². The summed E-state index contributed by atoms with van der Waals surface area (Å²) in [5, 5.41) is 11.6. The van der Waals surface area contributed by atoms with Crippen molar-refractivity contribution >= 4 is 17.4 Å². The first-order valence-electron chi connectivity index (χ1n) is 9.83. The number of carbonyl (C=O) groups excluding carboxylic acids is 1.